The molecule has 0 amide bonds. The molecule has 10 heavy (non-hydrogen) atoms. The third-order valence-corrected chi connectivity index (χ3v) is 2.62. The van der Waals surface area contributed by atoms with E-state index in [1.54, 1.807) is 4.68 Å². The van der Waals surface area contributed by atoms with Gasteiger partial charge in [0, 0.05) is 7.05 Å². The molecule has 1 aromatic heterocycles. The Balaban J connectivity index is 0.000000810. The fraction of sp³-hybridized carbons (Fsp3) is 0.400. The van der Waals surface area contributed by atoms with Crippen molar-refractivity contribution < 1.29 is 0 Å². The van der Waals surface area contributed by atoms with Gasteiger partial charge in [0.2, 0.25) is 0 Å². The van der Waals surface area contributed by atoms with Gasteiger partial charge in [-0.25, -0.2) is 0 Å². The molecule has 0 aliphatic rings. The summed E-state index contributed by atoms with van der Waals surface area (Å²) in [6, 6.07) is 0. The van der Waals surface area contributed by atoms with Crippen LogP contribution in [-0.4, -0.2) is 9.78 Å². The molecule has 2 N–H and O–H groups in total. The first-order valence-electron chi connectivity index (χ1n) is 2.57. The summed E-state index contributed by atoms with van der Waals surface area (Å²) in [6.07, 6.45) is 0. The summed E-state index contributed by atoms with van der Waals surface area (Å²) in [6.45, 7) is 1.99. The van der Waals surface area contributed by atoms with Crippen molar-refractivity contribution in [1.29, 1.82) is 0 Å². The van der Waals surface area contributed by atoms with Crippen LogP contribution >= 0.6 is 35.0 Å². The maximum absolute atomic E-state index is 5.50. The van der Waals surface area contributed by atoms with Crippen molar-refractivity contribution in [2.24, 2.45) is 7.05 Å². The zero-order valence-electron chi connectivity index (χ0n) is 5.76. The highest BCUT2D eigenvalue weighted by Crippen LogP contribution is 2.15. The third kappa shape index (κ3) is 1.54. The Morgan fingerprint density at radius 1 is 1.60 bits per heavy atom. The maximum atomic E-state index is 5.50. The number of rotatable bonds is 0. The molecular weight excluding hydrogens is 264 g/mol. The van der Waals surface area contributed by atoms with E-state index in [0.717, 1.165) is 9.26 Å². The van der Waals surface area contributed by atoms with E-state index in [4.69, 9.17) is 5.73 Å². The fourth-order valence-electron chi connectivity index (χ4n) is 0.608. The molecule has 0 fully saturated rings. The molecule has 0 bridgehead atoms. The second-order valence-electron chi connectivity index (χ2n) is 1.91. The number of nitrogen functional groups attached to an aromatic ring is 1. The molecule has 1 rings (SSSR count). The Bertz CT molecular complexity index is 211. The predicted molar refractivity (Wildman–Crippen MR) is 52.3 cm³/mol. The van der Waals surface area contributed by atoms with Gasteiger partial charge in [0.1, 0.15) is 0 Å². The lowest BCUT2D eigenvalue weighted by Gasteiger charge is -1.89. The monoisotopic (exact) mass is 273 g/mol. The van der Waals surface area contributed by atoms with E-state index in [1.807, 2.05) is 14.0 Å². The van der Waals surface area contributed by atoms with Crippen LogP contribution in [0.4, 0.5) is 5.82 Å². The molecule has 0 unspecified atom stereocenters. The van der Waals surface area contributed by atoms with Crippen molar-refractivity contribution >= 4 is 40.8 Å². The second-order valence-corrected chi connectivity index (χ2v) is 2.99. The van der Waals surface area contributed by atoms with Crippen LogP contribution in [0.2, 0.25) is 0 Å². The SMILES string of the molecule is Cc1c(I)c(N)nn1C.Cl. The Morgan fingerprint density at radius 2 is 2.10 bits per heavy atom. The van der Waals surface area contributed by atoms with Gasteiger partial charge in [0.25, 0.3) is 0 Å². The molecule has 0 aromatic carbocycles. The molecule has 0 aliphatic carbocycles. The van der Waals surface area contributed by atoms with Crippen LogP contribution in [0, 0.1) is 10.5 Å². The average molecular weight is 274 g/mol. The molecular formula is C5H9ClIN3. The summed E-state index contributed by atoms with van der Waals surface area (Å²) in [5.41, 5.74) is 6.62. The topological polar surface area (TPSA) is 43.8 Å². The van der Waals surface area contributed by atoms with Crippen LogP contribution in [0.15, 0.2) is 0 Å². The van der Waals surface area contributed by atoms with Gasteiger partial charge in [-0.15, -0.1) is 12.4 Å². The minimum atomic E-state index is 0. The van der Waals surface area contributed by atoms with Gasteiger partial charge in [-0.05, 0) is 29.5 Å². The number of halogens is 2. The Hall–Kier alpha value is 0.0300. The van der Waals surface area contributed by atoms with Crippen molar-refractivity contribution in [1.82, 2.24) is 9.78 Å². The number of aromatic nitrogens is 2. The smallest absolute Gasteiger partial charge is 0.159 e. The lowest BCUT2D eigenvalue weighted by Crippen LogP contribution is -1.93. The van der Waals surface area contributed by atoms with Gasteiger partial charge in [0.05, 0.1) is 9.26 Å². The van der Waals surface area contributed by atoms with E-state index < -0.39 is 0 Å². The summed E-state index contributed by atoms with van der Waals surface area (Å²) < 4.78 is 2.83. The van der Waals surface area contributed by atoms with Crippen molar-refractivity contribution in [3.63, 3.8) is 0 Å². The Kier molecular flexibility index (Phi) is 3.44. The number of hydrogen-bond acceptors (Lipinski definition) is 2. The first kappa shape index (κ1) is 10.0. The average Bonchev–Trinajstić information content (AvgIpc) is 1.98. The van der Waals surface area contributed by atoms with E-state index in [1.165, 1.54) is 0 Å². The molecule has 0 saturated carbocycles. The number of nitrogens with two attached hydrogens (primary N) is 1. The highest BCUT2D eigenvalue weighted by Gasteiger charge is 2.04. The lowest BCUT2D eigenvalue weighted by atomic mass is 10.5. The first-order valence-corrected chi connectivity index (χ1v) is 3.65. The van der Waals surface area contributed by atoms with Crippen molar-refractivity contribution in [2.45, 2.75) is 6.92 Å². The summed E-state index contributed by atoms with van der Waals surface area (Å²) >= 11 is 2.18. The molecule has 1 heterocycles. The quantitative estimate of drug-likeness (QED) is 0.725. The molecule has 1 aromatic rings. The van der Waals surface area contributed by atoms with E-state index >= 15 is 0 Å². The van der Waals surface area contributed by atoms with E-state index in [-0.39, 0.29) is 12.4 Å². The van der Waals surface area contributed by atoms with Crippen molar-refractivity contribution in [2.75, 3.05) is 5.73 Å². The van der Waals surface area contributed by atoms with Crippen LogP contribution in [0.25, 0.3) is 0 Å². The van der Waals surface area contributed by atoms with Gasteiger partial charge >= 0.3 is 0 Å². The Morgan fingerprint density at radius 3 is 2.20 bits per heavy atom. The predicted octanol–water partition coefficient (Wildman–Crippen LogP) is 1.34. The standard InChI is InChI=1S/C5H8IN3.ClH/c1-3-4(6)5(7)8-9(3)2;/h1-2H3,(H2,7,8);1H. The number of hydrogen-bond donors (Lipinski definition) is 1. The zero-order valence-corrected chi connectivity index (χ0v) is 8.73. The Labute approximate surface area is 79.5 Å². The molecule has 5 heteroatoms. The highest BCUT2D eigenvalue weighted by atomic mass is 127. The normalized spacial score (nSPS) is 9.10. The lowest BCUT2D eigenvalue weighted by molar-refractivity contribution is 0.743. The summed E-state index contributed by atoms with van der Waals surface area (Å²) in [5.74, 6) is 0.621. The number of anilines is 1. The minimum absolute atomic E-state index is 0. The second kappa shape index (κ2) is 3.43. The maximum Gasteiger partial charge on any atom is 0.159 e. The minimum Gasteiger partial charge on any atom is -0.381 e. The number of nitrogens with zero attached hydrogens (tertiary/aromatic N) is 2. The molecule has 0 saturated heterocycles. The van der Waals surface area contributed by atoms with E-state index in [0.29, 0.717) is 5.82 Å². The largest absolute Gasteiger partial charge is 0.381 e. The molecule has 0 spiro atoms. The van der Waals surface area contributed by atoms with E-state index in [9.17, 15) is 0 Å². The van der Waals surface area contributed by atoms with Crippen LogP contribution in [0.5, 0.6) is 0 Å². The number of aryl methyl sites for hydroxylation is 1. The molecule has 0 atom stereocenters. The van der Waals surface area contributed by atoms with Crippen LogP contribution in [0.3, 0.4) is 0 Å². The summed E-state index contributed by atoms with van der Waals surface area (Å²) in [7, 11) is 1.88. The van der Waals surface area contributed by atoms with Crippen LogP contribution in [0.1, 0.15) is 5.69 Å². The summed E-state index contributed by atoms with van der Waals surface area (Å²) in [4.78, 5) is 0. The molecule has 3 nitrogen and oxygen atoms in total. The van der Waals surface area contributed by atoms with Gasteiger partial charge in [0.15, 0.2) is 5.82 Å². The molecule has 58 valence electrons. The van der Waals surface area contributed by atoms with Crippen LogP contribution in [-0.2, 0) is 7.05 Å². The molecule has 0 radical (unpaired) electrons. The van der Waals surface area contributed by atoms with Gasteiger partial charge in [-0.1, -0.05) is 0 Å². The fourth-order valence-corrected chi connectivity index (χ4v) is 1.06. The van der Waals surface area contributed by atoms with Crippen molar-refractivity contribution in [3.05, 3.63) is 9.26 Å². The van der Waals surface area contributed by atoms with E-state index in [2.05, 4.69) is 27.7 Å². The van der Waals surface area contributed by atoms with Gasteiger partial charge in [-0.2, -0.15) is 5.10 Å². The third-order valence-electron chi connectivity index (χ3n) is 1.29. The first-order chi connectivity index (χ1) is 4.13. The van der Waals surface area contributed by atoms with Crippen LogP contribution < -0.4 is 5.73 Å². The summed E-state index contributed by atoms with van der Waals surface area (Å²) in [5, 5.41) is 4.00. The van der Waals surface area contributed by atoms with Gasteiger partial charge in [-0.3, -0.25) is 4.68 Å². The highest BCUT2D eigenvalue weighted by molar-refractivity contribution is 14.1. The molecule has 0 aliphatic heterocycles. The zero-order chi connectivity index (χ0) is 7.02. The van der Waals surface area contributed by atoms with Crippen molar-refractivity contribution in [3.8, 4) is 0 Å². The van der Waals surface area contributed by atoms with Gasteiger partial charge < -0.3 is 5.73 Å².